The van der Waals surface area contributed by atoms with E-state index >= 15 is 0 Å². The number of hydrogen-bond acceptors (Lipinski definition) is 4. The molecule has 1 aliphatic carbocycles. The number of carbonyl (C=O) groups is 2. The molecule has 1 N–H and O–H groups in total. The molecule has 1 saturated carbocycles. The Kier molecular flexibility index (Phi) is 5.07. The van der Waals surface area contributed by atoms with Crippen LogP contribution < -0.4 is 10.9 Å². The second-order valence-electron chi connectivity index (χ2n) is 8.91. The third-order valence-electron chi connectivity index (χ3n) is 6.40. The molecule has 0 radical (unpaired) electrons. The van der Waals surface area contributed by atoms with Gasteiger partial charge in [-0.25, -0.2) is 0 Å². The molecule has 8 nitrogen and oxygen atoms in total. The molecule has 0 spiro atoms. The summed E-state index contributed by atoms with van der Waals surface area (Å²) in [5, 5.41) is 8.56. The summed E-state index contributed by atoms with van der Waals surface area (Å²) >= 11 is 0. The van der Waals surface area contributed by atoms with E-state index in [1.807, 2.05) is 44.4 Å². The summed E-state index contributed by atoms with van der Waals surface area (Å²) in [7, 11) is 1.83. The number of carbonyl (C=O) groups excluding carboxylic acids is 2. The molecule has 1 fully saturated rings. The molecule has 5 rings (SSSR count). The van der Waals surface area contributed by atoms with Crippen LogP contribution >= 0.6 is 0 Å². The third-order valence-corrected chi connectivity index (χ3v) is 6.40. The van der Waals surface area contributed by atoms with Crippen LogP contribution in [0.15, 0.2) is 41.3 Å². The molecule has 2 aliphatic rings. The van der Waals surface area contributed by atoms with Crippen molar-refractivity contribution in [3.05, 3.63) is 63.7 Å². The van der Waals surface area contributed by atoms with Crippen molar-refractivity contribution in [1.29, 1.82) is 0 Å². The number of nitrogens with zero attached hydrogens (tertiary/aromatic N) is 4. The molecule has 2 aromatic heterocycles. The van der Waals surface area contributed by atoms with Crippen molar-refractivity contribution in [2.45, 2.75) is 51.2 Å². The number of pyridine rings is 1. The first-order valence-electron chi connectivity index (χ1n) is 11.1. The fourth-order valence-corrected chi connectivity index (χ4v) is 4.57. The molecule has 2 amide bonds. The van der Waals surface area contributed by atoms with Crippen LogP contribution in [0.2, 0.25) is 0 Å². The Balaban J connectivity index is 1.35. The Morgan fingerprint density at radius 2 is 2.00 bits per heavy atom. The summed E-state index contributed by atoms with van der Waals surface area (Å²) in [4.78, 5) is 40.4. The molecule has 0 bridgehead atoms. The van der Waals surface area contributed by atoms with Crippen molar-refractivity contribution in [3.8, 4) is 0 Å². The van der Waals surface area contributed by atoms with Gasteiger partial charge in [0.1, 0.15) is 0 Å². The topological polar surface area (TPSA) is 89.2 Å². The van der Waals surface area contributed by atoms with Crippen LogP contribution in [0.4, 0.5) is 0 Å². The first-order chi connectivity index (χ1) is 15.4. The molecule has 3 heterocycles. The first-order valence-corrected chi connectivity index (χ1v) is 11.1. The van der Waals surface area contributed by atoms with Gasteiger partial charge in [0.25, 0.3) is 5.56 Å². The summed E-state index contributed by atoms with van der Waals surface area (Å²) in [6, 6.07) is 9.62. The van der Waals surface area contributed by atoms with Gasteiger partial charge in [-0.15, -0.1) is 0 Å². The van der Waals surface area contributed by atoms with E-state index in [1.165, 1.54) is 0 Å². The van der Waals surface area contributed by atoms with E-state index in [9.17, 15) is 14.4 Å². The Morgan fingerprint density at radius 3 is 2.78 bits per heavy atom. The number of nitrogens with one attached hydrogen (secondary N) is 1. The quantitative estimate of drug-likeness (QED) is 0.665. The lowest BCUT2D eigenvalue weighted by Crippen LogP contribution is -2.44. The molecule has 0 saturated heterocycles. The zero-order chi connectivity index (χ0) is 22.4. The largest absolute Gasteiger partial charge is 0.353 e. The molecule has 1 atom stereocenters. The van der Waals surface area contributed by atoms with Crippen molar-refractivity contribution >= 4 is 22.7 Å². The van der Waals surface area contributed by atoms with E-state index in [2.05, 4.69) is 10.4 Å². The van der Waals surface area contributed by atoms with E-state index in [1.54, 1.807) is 20.2 Å². The lowest BCUT2D eigenvalue weighted by Gasteiger charge is -2.31. The highest BCUT2D eigenvalue weighted by atomic mass is 16.2. The lowest BCUT2D eigenvalue weighted by atomic mass is 9.95. The summed E-state index contributed by atoms with van der Waals surface area (Å²) < 4.78 is 3.37. The van der Waals surface area contributed by atoms with E-state index in [-0.39, 0.29) is 29.8 Å². The number of hydrogen-bond donors (Lipinski definition) is 1. The highest BCUT2D eigenvalue weighted by Gasteiger charge is 2.37. The minimum absolute atomic E-state index is 0.0642. The normalized spacial score (nSPS) is 17.9. The molecular formula is C24H27N5O3. The van der Waals surface area contributed by atoms with E-state index < -0.39 is 5.92 Å². The average molecular weight is 434 g/mol. The van der Waals surface area contributed by atoms with Crippen LogP contribution in [0.25, 0.3) is 10.9 Å². The molecule has 166 valence electrons. The number of benzene rings is 1. The molecule has 3 aromatic rings. The summed E-state index contributed by atoms with van der Waals surface area (Å²) in [5.74, 6) is -0.599. The average Bonchev–Trinajstić information content (AvgIpc) is 3.50. The van der Waals surface area contributed by atoms with Crippen LogP contribution in [-0.2, 0) is 29.7 Å². The number of rotatable bonds is 5. The zero-order valence-electron chi connectivity index (χ0n) is 18.4. The number of aromatic nitrogens is 3. The maximum atomic E-state index is 13.2. The number of para-hydroxylation sites is 1. The van der Waals surface area contributed by atoms with Gasteiger partial charge in [-0.05, 0) is 31.4 Å². The van der Waals surface area contributed by atoms with Crippen LogP contribution in [-0.4, -0.2) is 43.6 Å². The minimum atomic E-state index is -0.465. The van der Waals surface area contributed by atoms with Gasteiger partial charge in [0.2, 0.25) is 11.8 Å². The highest BCUT2D eigenvalue weighted by Crippen LogP contribution is 2.29. The van der Waals surface area contributed by atoms with Crippen LogP contribution in [0, 0.1) is 6.92 Å². The first kappa shape index (κ1) is 20.5. The number of aryl methyl sites for hydroxylation is 3. The molecule has 1 aliphatic heterocycles. The Bertz CT molecular complexity index is 1270. The SMILES string of the molecule is Cc1cc(=O)n(CCC(=O)N2Cc3cn(C)nc3C(C(=O)NC3CC3)C2)c2ccccc12. The second-order valence-corrected chi connectivity index (χ2v) is 8.91. The Morgan fingerprint density at radius 1 is 1.22 bits per heavy atom. The van der Waals surface area contributed by atoms with Gasteiger partial charge >= 0.3 is 0 Å². The van der Waals surface area contributed by atoms with Gasteiger partial charge in [-0.3, -0.25) is 19.1 Å². The number of fused-ring (bicyclic) bond motifs is 2. The van der Waals surface area contributed by atoms with Gasteiger partial charge in [0, 0.05) is 62.4 Å². The van der Waals surface area contributed by atoms with Gasteiger partial charge in [0.15, 0.2) is 0 Å². The van der Waals surface area contributed by atoms with Crippen molar-refractivity contribution in [2.24, 2.45) is 7.05 Å². The van der Waals surface area contributed by atoms with Gasteiger partial charge in [-0.1, -0.05) is 18.2 Å². The predicted molar refractivity (Wildman–Crippen MR) is 120 cm³/mol. The maximum Gasteiger partial charge on any atom is 0.251 e. The smallest absolute Gasteiger partial charge is 0.251 e. The molecule has 1 unspecified atom stereocenters. The van der Waals surface area contributed by atoms with Crippen molar-refractivity contribution in [3.63, 3.8) is 0 Å². The molecular weight excluding hydrogens is 406 g/mol. The van der Waals surface area contributed by atoms with E-state index in [0.717, 1.165) is 40.6 Å². The third kappa shape index (κ3) is 3.81. The standard InChI is InChI=1S/C24H27N5O3/c1-15-11-22(31)29(20-6-4-3-5-18(15)20)10-9-21(30)28-13-16-12-27(2)26-23(16)19(14-28)24(32)25-17-7-8-17/h3-6,11-12,17,19H,7-10,13-14H2,1-2H3,(H,25,32). The summed E-state index contributed by atoms with van der Waals surface area (Å²) in [5.41, 5.74) is 3.32. The predicted octanol–water partition coefficient (Wildman–Crippen LogP) is 1.84. The second kappa shape index (κ2) is 7.93. The fraction of sp³-hybridized carbons (Fsp3) is 0.417. The van der Waals surface area contributed by atoms with Crippen LogP contribution in [0.5, 0.6) is 0 Å². The van der Waals surface area contributed by atoms with Gasteiger partial charge in [0.05, 0.1) is 17.1 Å². The minimum Gasteiger partial charge on any atom is -0.353 e. The van der Waals surface area contributed by atoms with Gasteiger partial charge in [-0.2, -0.15) is 5.10 Å². The van der Waals surface area contributed by atoms with Crippen molar-refractivity contribution < 1.29 is 9.59 Å². The van der Waals surface area contributed by atoms with E-state index in [4.69, 9.17) is 0 Å². The molecule has 8 heteroatoms. The van der Waals surface area contributed by atoms with Gasteiger partial charge < -0.3 is 14.8 Å². The zero-order valence-corrected chi connectivity index (χ0v) is 18.4. The van der Waals surface area contributed by atoms with Crippen molar-refractivity contribution in [2.75, 3.05) is 6.54 Å². The summed E-state index contributed by atoms with van der Waals surface area (Å²) in [6.45, 7) is 2.96. The van der Waals surface area contributed by atoms with Crippen molar-refractivity contribution in [1.82, 2.24) is 24.6 Å². The monoisotopic (exact) mass is 433 g/mol. The summed E-state index contributed by atoms with van der Waals surface area (Å²) in [6.07, 6.45) is 4.09. The maximum absolute atomic E-state index is 13.2. The molecule has 32 heavy (non-hydrogen) atoms. The van der Waals surface area contributed by atoms with Crippen LogP contribution in [0.3, 0.4) is 0 Å². The van der Waals surface area contributed by atoms with Crippen LogP contribution in [0.1, 0.15) is 42.0 Å². The Labute approximate surface area is 185 Å². The fourth-order valence-electron chi connectivity index (χ4n) is 4.57. The highest BCUT2D eigenvalue weighted by molar-refractivity contribution is 5.86. The van der Waals surface area contributed by atoms with E-state index in [0.29, 0.717) is 19.6 Å². The molecule has 1 aromatic carbocycles. The Hall–Kier alpha value is -3.42. The lowest BCUT2D eigenvalue weighted by molar-refractivity contribution is -0.134. The number of amides is 2.